The van der Waals surface area contributed by atoms with Crippen LogP contribution in [-0.2, 0) is 0 Å². The van der Waals surface area contributed by atoms with E-state index in [-0.39, 0.29) is 0 Å². The minimum absolute atomic E-state index is 0.591. The summed E-state index contributed by atoms with van der Waals surface area (Å²) in [6, 6.07) is 49.8. The van der Waals surface area contributed by atoms with Crippen molar-refractivity contribution in [2.24, 2.45) is 0 Å². The van der Waals surface area contributed by atoms with E-state index in [2.05, 4.69) is 79.1 Å². The zero-order chi connectivity index (χ0) is 31.9. The maximum atomic E-state index is 9.41. The van der Waals surface area contributed by atoms with Crippen molar-refractivity contribution in [2.75, 3.05) is 0 Å². The van der Waals surface area contributed by atoms with E-state index in [1.54, 1.807) is 0 Å². The summed E-state index contributed by atoms with van der Waals surface area (Å²) in [6.45, 7) is 4.27. The Bertz CT molecular complexity index is 2350. The predicted molar refractivity (Wildman–Crippen MR) is 190 cm³/mol. The summed E-state index contributed by atoms with van der Waals surface area (Å²) in [6.07, 6.45) is 0. The van der Waals surface area contributed by atoms with Crippen molar-refractivity contribution >= 4 is 21.8 Å². The highest BCUT2D eigenvalue weighted by molar-refractivity contribution is 6.10. The molecule has 0 saturated carbocycles. The number of hydrogen-bond donors (Lipinski definition) is 0. The number of aryl methyl sites for hydroxylation is 2. The van der Waals surface area contributed by atoms with Crippen LogP contribution in [0.1, 0.15) is 16.7 Å². The molecule has 0 N–H and O–H groups in total. The number of aromatic nitrogens is 4. The number of nitriles is 1. The van der Waals surface area contributed by atoms with Gasteiger partial charge in [-0.2, -0.15) is 5.26 Å². The second kappa shape index (κ2) is 11.5. The van der Waals surface area contributed by atoms with Gasteiger partial charge in [0, 0.05) is 27.5 Å². The smallest absolute Gasteiger partial charge is 0.166 e. The number of benzene rings is 6. The molecule has 8 rings (SSSR count). The van der Waals surface area contributed by atoms with Crippen LogP contribution in [-0.4, -0.2) is 19.5 Å². The largest absolute Gasteiger partial charge is 0.308 e. The summed E-state index contributed by atoms with van der Waals surface area (Å²) >= 11 is 0. The van der Waals surface area contributed by atoms with Gasteiger partial charge in [0.25, 0.3) is 0 Å². The lowest BCUT2D eigenvalue weighted by atomic mass is 10.0. The summed E-state index contributed by atoms with van der Waals surface area (Å²) in [5.74, 6) is 1.82. The molecule has 0 atom stereocenters. The van der Waals surface area contributed by atoms with Gasteiger partial charge in [0.1, 0.15) is 0 Å². The van der Waals surface area contributed by atoms with Gasteiger partial charge in [-0.3, -0.25) is 0 Å². The summed E-state index contributed by atoms with van der Waals surface area (Å²) in [4.78, 5) is 15.2. The molecule has 0 fully saturated rings. The van der Waals surface area contributed by atoms with E-state index in [1.165, 1.54) is 21.9 Å². The van der Waals surface area contributed by atoms with E-state index in [0.717, 1.165) is 44.5 Å². The lowest BCUT2D eigenvalue weighted by molar-refractivity contribution is 1.06. The first-order valence-electron chi connectivity index (χ1n) is 15.6. The maximum absolute atomic E-state index is 9.41. The second-order valence-electron chi connectivity index (χ2n) is 11.8. The van der Waals surface area contributed by atoms with E-state index < -0.39 is 0 Å². The Morgan fingerprint density at radius 3 is 1.53 bits per heavy atom. The topological polar surface area (TPSA) is 67.4 Å². The van der Waals surface area contributed by atoms with Crippen LogP contribution in [0.3, 0.4) is 0 Å². The Balaban J connectivity index is 1.45. The first kappa shape index (κ1) is 28.1. The quantitative estimate of drug-likeness (QED) is 0.196. The monoisotopic (exact) mass is 603 g/mol. The van der Waals surface area contributed by atoms with Crippen molar-refractivity contribution in [3.8, 4) is 57.0 Å². The van der Waals surface area contributed by atoms with Gasteiger partial charge < -0.3 is 4.57 Å². The van der Waals surface area contributed by atoms with Crippen LogP contribution in [0.25, 0.3) is 72.8 Å². The highest BCUT2D eigenvalue weighted by atomic mass is 15.1. The predicted octanol–water partition coefficient (Wildman–Crippen LogP) is 10.1. The molecule has 222 valence electrons. The van der Waals surface area contributed by atoms with Crippen LogP contribution >= 0.6 is 0 Å². The van der Waals surface area contributed by atoms with E-state index in [1.807, 2.05) is 84.9 Å². The van der Waals surface area contributed by atoms with Crippen molar-refractivity contribution in [1.29, 1.82) is 5.26 Å². The molecule has 0 bridgehead atoms. The van der Waals surface area contributed by atoms with Gasteiger partial charge in [0.2, 0.25) is 0 Å². The molecule has 0 spiro atoms. The van der Waals surface area contributed by atoms with Crippen LogP contribution in [0.5, 0.6) is 0 Å². The fraction of sp³-hybridized carbons (Fsp3) is 0.0476. The summed E-state index contributed by atoms with van der Waals surface area (Å²) in [5.41, 5.74) is 11.0. The number of fused-ring (bicyclic) bond motifs is 3. The Hall–Kier alpha value is -6.38. The molecule has 0 amide bonds. The SMILES string of the molecule is Cc1ccc2c(c1)c1cc(C)ccc1n2-c1cc(-c2ccc(C#N)cc2)ccc1-c1nc(-c2ccccc2)nc(-c2ccccc2)n1. The minimum atomic E-state index is 0.591. The molecular formula is C42H29N5. The van der Waals surface area contributed by atoms with E-state index >= 15 is 0 Å². The summed E-state index contributed by atoms with van der Waals surface area (Å²) < 4.78 is 2.33. The molecule has 2 aromatic heterocycles. The average Bonchev–Trinajstić information content (AvgIpc) is 3.44. The molecule has 2 heterocycles. The molecule has 47 heavy (non-hydrogen) atoms. The van der Waals surface area contributed by atoms with Crippen molar-refractivity contribution < 1.29 is 0 Å². The third kappa shape index (κ3) is 5.12. The first-order valence-corrected chi connectivity index (χ1v) is 15.6. The fourth-order valence-corrected chi connectivity index (χ4v) is 6.26. The van der Waals surface area contributed by atoms with Crippen molar-refractivity contribution in [2.45, 2.75) is 13.8 Å². The standard InChI is InChI=1S/C42H29N5/c1-27-13-21-37-35(23-27)36-24-28(2)14-22-38(36)47(37)39-25-33(30-17-15-29(26-43)16-18-30)19-20-34(39)42-45-40(31-9-5-3-6-10-31)44-41(46-42)32-11-7-4-8-12-32/h3-25H,1-2H3. The second-order valence-corrected chi connectivity index (χ2v) is 11.8. The molecule has 0 unspecified atom stereocenters. The van der Waals surface area contributed by atoms with Gasteiger partial charge >= 0.3 is 0 Å². The molecule has 6 aromatic carbocycles. The van der Waals surface area contributed by atoms with Gasteiger partial charge in [-0.1, -0.05) is 102 Å². The molecule has 5 heteroatoms. The fourth-order valence-electron chi connectivity index (χ4n) is 6.26. The van der Waals surface area contributed by atoms with Gasteiger partial charge in [0.15, 0.2) is 17.5 Å². The van der Waals surface area contributed by atoms with Crippen molar-refractivity contribution in [1.82, 2.24) is 19.5 Å². The number of hydrogen-bond acceptors (Lipinski definition) is 4. The zero-order valence-electron chi connectivity index (χ0n) is 26.0. The Kier molecular flexibility index (Phi) is 6.89. The molecule has 5 nitrogen and oxygen atoms in total. The van der Waals surface area contributed by atoms with E-state index in [0.29, 0.717) is 23.0 Å². The highest BCUT2D eigenvalue weighted by Crippen LogP contribution is 2.39. The van der Waals surface area contributed by atoms with Crippen molar-refractivity contribution in [3.05, 3.63) is 156 Å². The Labute approximate surface area is 273 Å². The van der Waals surface area contributed by atoms with Gasteiger partial charge in [0.05, 0.1) is 28.4 Å². The highest BCUT2D eigenvalue weighted by Gasteiger charge is 2.20. The lowest BCUT2D eigenvalue weighted by Gasteiger charge is -2.16. The molecule has 0 aliphatic carbocycles. The Morgan fingerprint density at radius 1 is 0.489 bits per heavy atom. The molecule has 0 radical (unpaired) electrons. The Morgan fingerprint density at radius 2 is 1.00 bits per heavy atom. The summed E-state index contributed by atoms with van der Waals surface area (Å²) in [5, 5.41) is 11.8. The number of nitrogens with zero attached hydrogens (tertiary/aromatic N) is 5. The minimum Gasteiger partial charge on any atom is -0.308 e. The molecule has 0 aliphatic rings. The molecule has 8 aromatic rings. The third-order valence-electron chi connectivity index (χ3n) is 8.60. The van der Waals surface area contributed by atoms with Crippen LogP contribution in [0, 0.1) is 25.2 Å². The maximum Gasteiger partial charge on any atom is 0.166 e. The zero-order valence-corrected chi connectivity index (χ0v) is 26.0. The van der Waals surface area contributed by atoms with Crippen LogP contribution in [0.2, 0.25) is 0 Å². The number of rotatable bonds is 5. The van der Waals surface area contributed by atoms with Crippen LogP contribution < -0.4 is 0 Å². The van der Waals surface area contributed by atoms with Gasteiger partial charge in [-0.25, -0.2) is 15.0 Å². The third-order valence-corrected chi connectivity index (χ3v) is 8.60. The van der Waals surface area contributed by atoms with Gasteiger partial charge in [-0.05, 0) is 73.5 Å². The van der Waals surface area contributed by atoms with Crippen LogP contribution in [0.4, 0.5) is 0 Å². The first-order chi connectivity index (χ1) is 23.1. The van der Waals surface area contributed by atoms with Gasteiger partial charge in [-0.15, -0.1) is 0 Å². The molecule has 0 aliphatic heterocycles. The van der Waals surface area contributed by atoms with Crippen molar-refractivity contribution in [3.63, 3.8) is 0 Å². The average molecular weight is 604 g/mol. The van der Waals surface area contributed by atoms with E-state index in [4.69, 9.17) is 15.0 Å². The summed E-state index contributed by atoms with van der Waals surface area (Å²) in [7, 11) is 0. The van der Waals surface area contributed by atoms with E-state index in [9.17, 15) is 5.26 Å². The molecule has 0 saturated heterocycles. The normalized spacial score (nSPS) is 11.2. The molecular weight excluding hydrogens is 574 g/mol. The lowest BCUT2D eigenvalue weighted by Crippen LogP contribution is -2.04. The van der Waals surface area contributed by atoms with Crippen LogP contribution in [0.15, 0.2) is 140 Å².